The van der Waals surface area contributed by atoms with Crippen molar-refractivity contribution in [2.75, 3.05) is 6.61 Å². The maximum absolute atomic E-state index is 13.2. The maximum atomic E-state index is 13.2. The number of hydrogen-bond donors (Lipinski definition) is 1. The van der Waals surface area contributed by atoms with E-state index in [-0.39, 0.29) is 18.0 Å². The van der Waals surface area contributed by atoms with Crippen LogP contribution in [-0.4, -0.2) is 40.6 Å². The van der Waals surface area contributed by atoms with E-state index in [1.54, 1.807) is 24.3 Å². The van der Waals surface area contributed by atoms with Crippen molar-refractivity contribution < 1.29 is 19.4 Å². The van der Waals surface area contributed by atoms with Crippen molar-refractivity contribution in [3.8, 4) is 5.75 Å². The largest absolute Gasteiger partial charge is 0.494 e. The summed E-state index contributed by atoms with van der Waals surface area (Å²) in [5, 5.41) is 10.2. The van der Waals surface area contributed by atoms with Gasteiger partial charge in [0.15, 0.2) is 0 Å². The maximum Gasteiger partial charge on any atom is 0.312 e. The molecule has 1 N–H and O–H groups in total. The van der Waals surface area contributed by atoms with Gasteiger partial charge in [-0.2, -0.15) is 0 Å². The zero-order valence-electron chi connectivity index (χ0n) is 16.0. The van der Waals surface area contributed by atoms with Crippen LogP contribution in [0.1, 0.15) is 42.1 Å². The molecule has 28 heavy (non-hydrogen) atoms. The summed E-state index contributed by atoms with van der Waals surface area (Å²) in [6.45, 7) is 2.49. The molecule has 2 aliphatic heterocycles. The fraction of sp³-hybridized carbons (Fsp3) is 0.391. The first kappa shape index (κ1) is 18.5. The van der Waals surface area contributed by atoms with Crippen LogP contribution in [0.15, 0.2) is 54.6 Å². The molecule has 0 aromatic heterocycles. The number of fused-ring (bicyclic) bond motifs is 2. The van der Waals surface area contributed by atoms with Crippen LogP contribution in [-0.2, 0) is 11.2 Å². The van der Waals surface area contributed by atoms with E-state index in [4.69, 9.17) is 4.74 Å². The highest BCUT2D eigenvalue weighted by Gasteiger charge is 2.61. The molecule has 0 aliphatic carbocycles. The molecule has 2 aromatic carbocycles. The van der Waals surface area contributed by atoms with E-state index in [2.05, 4.69) is 0 Å². The summed E-state index contributed by atoms with van der Waals surface area (Å²) in [5.41, 5.74) is 0.678. The number of benzene rings is 2. The Balaban J connectivity index is 1.61. The second-order valence-electron chi connectivity index (χ2n) is 7.74. The molecule has 5 nitrogen and oxygen atoms in total. The van der Waals surface area contributed by atoms with Crippen molar-refractivity contribution in [1.29, 1.82) is 0 Å². The first-order chi connectivity index (χ1) is 13.5. The molecule has 3 atom stereocenters. The summed E-state index contributed by atoms with van der Waals surface area (Å²) in [4.78, 5) is 27.5. The molecule has 2 bridgehead atoms. The summed E-state index contributed by atoms with van der Waals surface area (Å²) in [7, 11) is 0. The standard InChI is InChI=1S/C23H25NO4/c1-2-28-19-11-8-17(9-12-19)21(25)24-18-10-13-20(24)23(15-18,22(26)27)14-16-6-4-3-5-7-16/h3-9,11-12,18,20H,2,10,13-15H2,1H3,(H,26,27)/t18-,20+,23+/m0/s1. The molecule has 2 aromatic rings. The van der Waals surface area contributed by atoms with E-state index >= 15 is 0 Å². The van der Waals surface area contributed by atoms with Gasteiger partial charge in [-0.05, 0) is 62.4 Å². The van der Waals surface area contributed by atoms with Crippen LogP contribution in [0.5, 0.6) is 5.75 Å². The number of hydrogen-bond acceptors (Lipinski definition) is 3. The Morgan fingerprint density at radius 3 is 2.46 bits per heavy atom. The van der Waals surface area contributed by atoms with Crippen LogP contribution < -0.4 is 4.74 Å². The predicted molar refractivity (Wildman–Crippen MR) is 105 cm³/mol. The molecule has 0 unspecified atom stereocenters. The van der Waals surface area contributed by atoms with Gasteiger partial charge in [-0.25, -0.2) is 0 Å². The number of amides is 1. The predicted octanol–water partition coefficient (Wildman–Crippen LogP) is 3.78. The fourth-order valence-electron chi connectivity index (χ4n) is 4.95. The molecule has 0 spiro atoms. The van der Waals surface area contributed by atoms with Crippen LogP contribution in [0.2, 0.25) is 0 Å². The molecule has 1 amide bonds. The van der Waals surface area contributed by atoms with Crippen molar-refractivity contribution in [2.45, 2.75) is 44.7 Å². The summed E-state index contributed by atoms with van der Waals surface area (Å²) in [6, 6.07) is 16.6. The number of carbonyl (C=O) groups excluding carboxylic acids is 1. The Kier molecular flexibility index (Phi) is 4.84. The average Bonchev–Trinajstić information content (AvgIpc) is 3.25. The van der Waals surface area contributed by atoms with Crippen LogP contribution in [0.3, 0.4) is 0 Å². The first-order valence-corrected chi connectivity index (χ1v) is 9.88. The fourth-order valence-corrected chi connectivity index (χ4v) is 4.95. The van der Waals surface area contributed by atoms with Crippen LogP contribution in [0.4, 0.5) is 0 Å². The minimum atomic E-state index is -0.912. The second kappa shape index (κ2) is 7.30. The van der Waals surface area contributed by atoms with Gasteiger partial charge in [0, 0.05) is 17.6 Å². The number of nitrogens with zero attached hydrogens (tertiary/aromatic N) is 1. The Morgan fingerprint density at radius 1 is 1.11 bits per heavy atom. The summed E-state index contributed by atoms with van der Waals surface area (Å²) >= 11 is 0. The number of rotatable bonds is 6. The molecule has 0 saturated carbocycles. The summed E-state index contributed by atoms with van der Waals surface area (Å²) in [6.07, 6.45) is 2.59. The molecule has 2 fully saturated rings. The zero-order valence-corrected chi connectivity index (χ0v) is 16.0. The lowest BCUT2D eigenvalue weighted by Gasteiger charge is -2.33. The lowest BCUT2D eigenvalue weighted by molar-refractivity contribution is -0.150. The smallest absolute Gasteiger partial charge is 0.312 e. The normalized spacial score (nSPS) is 25.7. The lowest BCUT2D eigenvalue weighted by Crippen LogP contribution is -2.46. The zero-order chi connectivity index (χ0) is 19.7. The van der Waals surface area contributed by atoms with Gasteiger partial charge >= 0.3 is 5.97 Å². The Labute approximate surface area is 164 Å². The Bertz CT molecular complexity index is 864. The van der Waals surface area contributed by atoms with E-state index in [9.17, 15) is 14.7 Å². The molecule has 2 aliphatic rings. The number of carboxylic acids is 1. The third-order valence-electron chi connectivity index (χ3n) is 6.18. The SMILES string of the molecule is CCOc1ccc(C(=O)N2[C@H]3CC[C@@H]2[C@](Cc2ccccc2)(C(=O)O)C3)cc1. The highest BCUT2D eigenvalue weighted by atomic mass is 16.5. The molecule has 5 heteroatoms. The van der Waals surface area contributed by atoms with Gasteiger partial charge in [-0.1, -0.05) is 30.3 Å². The van der Waals surface area contributed by atoms with Crippen molar-refractivity contribution in [2.24, 2.45) is 5.41 Å². The van der Waals surface area contributed by atoms with Gasteiger partial charge in [0.1, 0.15) is 5.75 Å². The topological polar surface area (TPSA) is 66.8 Å². The van der Waals surface area contributed by atoms with E-state index in [0.717, 1.165) is 24.2 Å². The molecule has 2 saturated heterocycles. The summed E-state index contributed by atoms with van der Waals surface area (Å²) in [5.74, 6) is -0.146. The minimum Gasteiger partial charge on any atom is -0.494 e. The third kappa shape index (κ3) is 3.05. The van der Waals surface area contributed by atoms with E-state index < -0.39 is 11.4 Å². The van der Waals surface area contributed by atoms with Crippen molar-refractivity contribution in [3.05, 3.63) is 65.7 Å². The third-order valence-corrected chi connectivity index (χ3v) is 6.18. The molecular formula is C23H25NO4. The van der Waals surface area contributed by atoms with Crippen molar-refractivity contribution >= 4 is 11.9 Å². The highest BCUT2D eigenvalue weighted by molar-refractivity contribution is 5.96. The van der Waals surface area contributed by atoms with Crippen molar-refractivity contribution in [1.82, 2.24) is 4.90 Å². The van der Waals surface area contributed by atoms with Crippen molar-refractivity contribution in [3.63, 3.8) is 0 Å². The van der Waals surface area contributed by atoms with Gasteiger partial charge in [0.05, 0.1) is 12.0 Å². The van der Waals surface area contributed by atoms with E-state index in [1.807, 2.05) is 42.2 Å². The van der Waals surface area contributed by atoms with Gasteiger partial charge in [0.2, 0.25) is 0 Å². The second-order valence-corrected chi connectivity index (χ2v) is 7.74. The van der Waals surface area contributed by atoms with Crippen LogP contribution in [0, 0.1) is 5.41 Å². The van der Waals surface area contributed by atoms with Gasteiger partial charge < -0.3 is 14.7 Å². The first-order valence-electron chi connectivity index (χ1n) is 9.88. The van der Waals surface area contributed by atoms with Gasteiger partial charge in [-0.15, -0.1) is 0 Å². The monoisotopic (exact) mass is 379 g/mol. The molecular weight excluding hydrogens is 354 g/mol. The van der Waals surface area contributed by atoms with Crippen LogP contribution >= 0.6 is 0 Å². The van der Waals surface area contributed by atoms with E-state index in [0.29, 0.717) is 25.0 Å². The quantitative estimate of drug-likeness (QED) is 0.830. The average molecular weight is 379 g/mol. The number of ether oxygens (including phenoxy) is 1. The Morgan fingerprint density at radius 2 is 1.82 bits per heavy atom. The Hall–Kier alpha value is -2.82. The lowest BCUT2D eigenvalue weighted by atomic mass is 9.70. The van der Waals surface area contributed by atoms with Gasteiger partial charge in [-0.3, -0.25) is 9.59 Å². The van der Waals surface area contributed by atoms with Crippen LogP contribution in [0.25, 0.3) is 0 Å². The highest BCUT2D eigenvalue weighted by Crippen LogP contribution is 2.52. The summed E-state index contributed by atoms with van der Waals surface area (Å²) < 4.78 is 5.45. The van der Waals surface area contributed by atoms with E-state index in [1.165, 1.54) is 0 Å². The molecule has 4 rings (SSSR count). The minimum absolute atomic E-state index is 0.0103. The van der Waals surface area contributed by atoms with Gasteiger partial charge in [0.25, 0.3) is 5.91 Å². The molecule has 2 heterocycles. The molecule has 0 radical (unpaired) electrons. The number of aliphatic carboxylic acids is 1. The number of carboxylic acid groups (broad SMARTS) is 1. The number of carbonyl (C=O) groups is 2. The molecule has 146 valence electrons.